The van der Waals surface area contributed by atoms with Gasteiger partial charge in [-0.2, -0.15) is 0 Å². The number of Topliss-reactive ketones (excluding diaryl/α,β-unsaturated/α-hetero) is 1. The van der Waals surface area contributed by atoms with Crippen LogP contribution in [-0.2, 0) is 22.4 Å². The zero-order valence-corrected chi connectivity index (χ0v) is 20.7. The Morgan fingerprint density at radius 1 is 1.00 bits per heavy atom. The van der Waals surface area contributed by atoms with Gasteiger partial charge >= 0.3 is 0 Å². The van der Waals surface area contributed by atoms with E-state index < -0.39 is 17.7 Å². The second-order valence-electron chi connectivity index (χ2n) is 9.58. The molecule has 1 amide bonds. The van der Waals surface area contributed by atoms with Crippen LogP contribution in [0.15, 0.2) is 78.5 Å². The zero-order chi connectivity index (χ0) is 25.5. The lowest BCUT2D eigenvalue weighted by atomic mass is 9.88. The maximum atomic E-state index is 13.6. The Morgan fingerprint density at radius 2 is 1.81 bits per heavy atom. The van der Waals surface area contributed by atoms with Crippen molar-refractivity contribution in [1.82, 2.24) is 4.98 Å². The number of ketones is 1. The van der Waals surface area contributed by atoms with Gasteiger partial charge in [0.25, 0.3) is 11.7 Å². The largest absolute Gasteiger partial charge is 0.507 e. The van der Waals surface area contributed by atoms with E-state index in [0.717, 1.165) is 42.1 Å². The van der Waals surface area contributed by atoms with E-state index in [4.69, 9.17) is 4.74 Å². The summed E-state index contributed by atoms with van der Waals surface area (Å²) in [6.07, 6.45) is 6.05. The summed E-state index contributed by atoms with van der Waals surface area (Å²) < 4.78 is 5.67. The predicted octanol–water partition coefficient (Wildman–Crippen LogP) is 6.07. The van der Waals surface area contributed by atoms with Crippen LogP contribution in [0.1, 0.15) is 48.1 Å². The molecule has 6 nitrogen and oxygen atoms in total. The van der Waals surface area contributed by atoms with Crippen molar-refractivity contribution in [2.24, 2.45) is 0 Å². The van der Waals surface area contributed by atoms with Crippen LogP contribution in [0.2, 0.25) is 0 Å². The average molecular weight is 493 g/mol. The lowest BCUT2D eigenvalue weighted by Crippen LogP contribution is -2.29. The van der Waals surface area contributed by atoms with Crippen LogP contribution in [0.5, 0.6) is 5.75 Å². The molecule has 1 aromatic heterocycles. The number of hydrogen-bond acceptors (Lipinski definition) is 4. The Morgan fingerprint density at radius 3 is 2.65 bits per heavy atom. The van der Waals surface area contributed by atoms with E-state index in [0.29, 0.717) is 23.6 Å². The molecule has 1 aliphatic heterocycles. The third kappa shape index (κ3) is 3.89. The molecule has 6 rings (SSSR count). The van der Waals surface area contributed by atoms with Crippen LogP contribution in [0.4, 0.5) is 5.69 Å². The monoisotopic (exact) mass is 492 g/mol. The number of aromatic amines is 1. The predicted molar refractivity (Wildman–Crippen MR) is 144 cm³/mol. The standard InChI is InChI=1S/C31H28N2O4/c1-2-37-23-11-7-10-22(17-23)33-28(25-18-32-26-13-6-5-12-24(25)26)27(30(35)31(33)36)29(34)21-15-14-19-8-3-4-9-20(19)16-21/h5-7,10-18,28,32,34H,2-4,8-9H2,1H3/b29-27+. The van der Waals surface area contributed by atoms with Crippen molar-refractivity contribution in [3.05, 3.63) is 101 Å². The van der Waals surface area contributed by atoms with Gasteiger partial charge in [-0.1, -0.05) is 36.4 Å². The molecule has 0 spiro atoms. The van der Waals surface area contributed by atoms with E-state index in [9.17, 15) is 14.7 Å². The van der Waals surface area contributed by atoms with Crippen molar-refractivity contribution in [3.8, 4) is 5.75 Å². The van der Waals surface area contributed by atoms with Crippen LogP contribution < -0.4 is 9.64 Å². The molecule has 1 atom stereocenters. The first kappa shape index (κ1) is 23.1. The lowest BCUT2D eigenvalue weighted by Gasteiger charge is -2.25. The molecule has 1 aliphatic carbocycles. The summed E-state index contributed by atoms with van der Waals surface area (Å²) in [7, 11) is 0. The van der Waals surface area contributed by atoms with Crippen molar-refractivity contribution in [3.63, 3.8) is 0 Å². The number of rotatable bonds is 5. The van der Waals surface area contributed by atoms with E-state index in [2.05, 4.69) is 4.98 Å². The van der Waals surface area contributed by atoms with Gasteiger partial charge < -0.3 is 14.8 Å². The highest BCUT2D eigenvalue weighted by atomic mass is 16.5. The number of H-pyrrole nitrogens is 1. The summed E-state index contributed by atoms with van der Waals surface area (Å²) in [5.41, 5.74) is 5.30. The van der Waals surface area contributed by atoms with Crippen LogP contribution in [0.25, 0.3) is 16.7 Å². The summed E-state index contributed by atoms with van der Waals surface area (Å²) >= 11 is 0. The number of carbonyl (C=O) groups excluding carboxylic acids is 2. The van der Waals surface area contributed by atoms with Gasteiger partial charge in [0.1, 0.15) is 11.5 Å². The summed E-state index contributed by atoms with van der Waals surface area (Å²) in [5, 5.41) is 12.5. The summed E-state index contributed by atoms with van der Waals surface area (Å²) in [6, 6.07) is 20.0. The lowest BCUT2D eigenvalue weighted by molar-refractivity contribution is -0.132. The number of benzene rings is 3. The molecule has 0 saturated carbocycles. The van der Waals surface area contributed by atoms with Crippen molar-refractivity contribution in [2.45, 2.75) is 38.6 Å². The van der Waals surface area contributed by atoms with Crippen molar-refractivity contribution >= 4 is 34.0 Å². The molecule has 1 saturated heterocycles. The number of aryl methyl sites for hydroxylation is 2. The number of aliphatic hydroxyl groups is 1. The Hall–Kier alpha value is -4.32. The first-order valence-corrected chi connectivity index (χ1v) is 12.8. The maximum absolute atomic E-state index is 13.6. The average Bonchev–Trinajstić information content (AvgIpc) is 3.46. The molecule has 2 heterocycles. The number of hydrogen-bond donors (Lipinski definition) is 2. The molecule has 0 bridgehead atoms. The first-order chi connectivity index (χ1) is 18.1. The second-order valence-corrected chi connectivity index (χ2v) is 9.58. The molecule has 2 N–H and O–H groups in total. The fraction of sp³-hybridized carbons (Fsp3) is 0.226. The highest BCUT2D eigenvalue weighted by molar-refractivity contribution is 6.52. The highest BCUT2D eigenvalue weighted by Gasteiger charge is 2.47. The van der Waals surface area contributed by atoms with Crippen molar-refractivity contribution in [1.29, 1.82) is 0 Å². The molecular formula is C31H28N2O4. The van der Waals surface area contributed by atoms with E-state index in [1.165, 1.54) is 16.0 Å². The molecule has 1 fully saturated rings. The second kappa shape index (κ2) is 9.28. The Labute approximate surface area is 215 Å². The number of fused-ring (bicyclic) bond motifs is 2. The minimum atomic E-state index is -0.802. The molecule has 37 heavy (non-hydrogen) atoms. The number of anilines is 1. The Bertz CT molecular complexity index is 1560. The minimum Gasteiger partial charge on any atom is -0.507 e. The number of aliphatic hydroxyl groups excluding tert-OH is 1. The molecule has 3 aromatic carbocycles. The molecule has 1 unspecified atom stereocenters. The molecular weight excluding hydrogens is 464 g/mol. The topological polar surface area (TPSA) is 82.6 Å². The third-order valence-electron chi connectivity index (χ3n) is 7.39. The number of nitrogens with one attached hydrogen (secondary N) is 1. The van der Waals surface area contributed by atoms with Gasteiger partial charge in [0.15, 0.2) is 0 Å². The molecule has 2 aliphatic rings. The van der Waals surface area contributed by atoms with E-state index in [-0.39, 0.29) is 11.3 Å². The van der Waals surface area contributed by atoms with Gasteiger partial charge in [-0.05, 0) is 68.0 Å². The van der Waals surface area contributed by atoms with E-state index in [1.807, 2.05) is 61.7 Å². The molecule has 4 aromatic rings. The van der Waals surface area contributed by atoms with Gasteiger partial charge in [-0.15, -0.1) is 0 Å². The number of carbonyl (C=O) groups is 2. The normalized spacial score (nSPS) is 18.8. The fourth-order valence-corrected chi connectivity index (χ4v) is 5.64. The van der Waals surface area contributed by atoms with Crippen LogP contribution >= 0.6 is 0 Å². The van der Waals surface area contributed by atoms with Crippen LogP contribution in [0, 0.1) is 0 Å². The maximum Gasteiger partial charge on any atom is 0.300 e. The summed E-state index contributed by atoms with van der Waals surface area (Å²) in [4.78, 5) is 31.9. The van der Waals surface area contributed by atoms with Crippen LogP contribution in [-0.4, -0.2) is 28.4 Å². The number of ether oxygens (including phenoxy) is 1. The Kier molecular flexibility index (Phi) is 5.80. The van der Waals surface area contributed by atoms with Gasteiger partial charge in [0.2, 0.25) is 0 Å². The fourth-order valence-electron chi connectivity index (χ4n) is 5.64. The Balaban J connectivity index is 1.56. The summed E-state index contributed by atoms with van der Waals surface area (Å²) in [5.74, 6) is -0.921. The minimum absolute atomic E-state index is 0.0901. The number of amides is 1. The van der Waals surface area contributed by atoms with Gasteiger partial charge in [0.05, 0.1) is 18.2 Å². The number of aromatic nitrogens is 1. The molecule has 186 valence electrons. The highest BCUT2D eigenvalue weighted by Crippen LogP contribution is 2.45. The van der Waals surface area contributed by atoms with Crippen molar-refractivity contribution < 1.29 is 19.4 Å². The SMILES string of the molecule is CCOc1cccc(N2C(=O)C(=O)/C(=C(/O)c3ccc4c(c3)CCCC4)C2c2c[nH]c3ccccc23)c1. The van der Waals surface area contributed by atoms with Gasteiger partial charge in [0, 0.05) is 40.0 Å². The summed E-state index contributed by atoms with van der Waals surface area (Å²) in [6.45, 7) is 2.37. The number of nitrogens with zero attached hydrogens (tertiary/aromatic N) is 1. The quantitative estimate of drug-likeness (QED) is 0.201. The van der Waals surface area contributed by atoms with Gasteiger partial charge in [-0.3, -0.25) is 14.5 Å². The zero-order valence-electron chi connectivity index (χ0n) is 20.7. The van der Waals surface area contributed by atoms with E-state index in [1.54, 1.807) is 18.2 Å². The molecule has 0 radical (unpaired) electrons. The first-order valence-electron chi connectivity index (χ1n) is 12.8. The number of para-hydroxylation sites is 1. The smallest absolute Gasteiger partial charge is 0.300 e. The van der Waals surface area contributed by atoms with Crippen LogP contribution in [0.3, 0.4) is 0 Å². The van der Waals surface area contributed by atoms with Crippen molar-refractivity contribution in [2.75, 3.05) is 11.5 Å². The van der Waals surface area contributed by atoms with E-state index >= 15 is 0 Å². The third-order valence-corrected chi connectivity index (χ3v) is 7.39. The molecule has 6 heteroatoms. The van der Waals surface area contributed by atoms with Gasteiger partial charge in [-0.25, -0.2) is 0 Å².